The van der Waals surface area contributed by atoms with Gasteiger partial charge < -0.3 is 5.73 Å². The lowest BCUT2D eigenvalue weighted by Gasteiger charge is -1.97. The minimum atomic E-state index is -0.343. The Hall–Kier alpha value is -1.58. The number of allylic oxidation sites excluding steroid dienone is 1. The maximum Gasteiger partial charge on any atom is 0.287 e. The number of aromatic amines is 1. The van der Waals surface area contributed by atoms with Gasteiger partial charge in [0.2, 0.25) is 0 Å². The van der Waals surface area contributed by atoms with Gasteiger partial charge in [0.15, 0.2) is 0 Å². The molecule has 1 aromatic rings. The number of nitrogens with two attached hydrogens (primary N) is 1. The largest absolute Gasteiger partial charge is 0.394 e. The second-order valence-corrected chi connectivity index (χ2v) is 2.13. The van der Waals surface area contributed by atoms with E-state index in [1.165, 1.54) is 6.20 Å². The third-order valence-electron chi connectivity index (χ3n) is 1.34. The molecule has 0 bridgehead atoms. The van der Waals surface area contributed by atoms with Crippen LogP contribution in [0.3, 0.4) is 0 Å². The molecule has 0 radical (unpaired) electrons. The van der Waals surface area contributed by atoms with E-state index in [-0.39, 0.29) is 11.2 Å². The zero-order chi connectivity index (χ0) is 8.27. The molecule has 0 atom stereocenters. The molecule has 1 heterocycles. The van der Waals surface area contributed by atoms with Crippen LogP contribution in [-0.2, 0) is 6.42 Å². The molecule has 0 fully saturated rings. The van der Waals surface area contributed by atoms with Crippen LogP contribution in [0.5, 0.6) is 0 Å². The quantitative estimate of drug-likeness (QED) is 0.588. The first kappa shape index (κ1) is 7.53. The molecule has 0 amide bonds. The minimum Gasteiger partial charge on any atom is -0.394 e. The summed E-state index contributed by atoms with van der Waals surface area (Å²) in [6.45, 7) is 3.53. The van der Waals surface area contributed by atoms with Crippen molar-refractivity contribution in [3.8, 4) is 0 Å². The standard InChI is InChI=1S/C7H9N3O/c1-2-3-5-4-9-10-7(11)6(5)8/h2,4H,1,3H2,(H2,8,9)(H,10,11). The molecule has 0 aliphatic heterocycles. The lowest BCUT2D eigenvalue weighted by Crippen LogP contribution is -2.15. The number of hydrogen-bond acceptors (Lipinski definition) is 3. The Morgan fingerprint density at radius 1 is 1.82 bits per heavy atom. The van der Waals surface area contributed by atoms with Gasteiger partial charge in [-0.05, 0) is 6.42 Å². The van der Waals surface area contributed by atoms with E-state index >= 15 is 0 Å². The molecule has 1 rings (SSSR count). The second-order valence-electron chi connectivity index (χ2n) is 2.13. The SMILES string of the molecule is C=CCc1cn[nH]c(=O)c1N. The van der Waals surface area contributed by atoms with Crippen LogP contribution in [0.25, 0.3) is 0 Å². The molecule has 58 valence electrons. The number of nitrogen functional groups attached to an aromatic ring is 1. The third-order valence-corrected chi connectivity index (χ3v) is 1.34. The number of rotatable bonds is 2. The smallest absolute Gasteiger partial charge is 0.287 e. The molecular formula is C7H9N3O. The fraction of sp³-hybridized carbons (Fsp3) is 0.143. The fourth-order valence-corrected chi connectivity index (χ4v) is 0.763. The van der Waals surface area contributed by atoms with Gasteiger partial charge in [-0.2, -0.15) is 5.10 Å². The second kappa shape index (κ2) is 3.01. The first-order valence-electron chi connectivity index (χ1n) is 3.18. The van der Waals surface area contributed by atoms with Gasteiger partial charge in [-0.3, -0.25) is 4.79 Å². The van der Waals surface area contributed by atoms with Crippen LogP contribution >= 0.6 is 0 Å². The summed E-state index contributed by atoms with van der Waals surface area (Å²) in [4.78, 5) is 10.8. The molecule has 0 spiro atoms. The summed E-state index contributed by atoms with van der Waals surface area (Å²) in [7, 11) is 0. The Bertz CT molecular complexity index is 316. The van der Waals surface area contributed by atoms with Gasteiger partial charge in [-0.25, -0.2) is 5.10 Å². The summed E-state index contributed by atoms with van der Waals surface area (Å²) in [5, 5.41) is 5.83. The zero-order valence-corrected chi connectivity index (χ0v) is 6.00. The average Bonchev–Trinajstić information content (AvgIpc) is 1.99. The maximum atomic E-state index is 10.8. The molecule has 0 unspecified atom stereocenters. The molecule has 0 aliphatic carbocycles. The number of H-pyrrole nitrogens is 1. The molecule has 0 aliphatic rings. The summed E-state index contributed by atoms with van der Waals surface area (Å²) in [6.07, 6.45) is 3.77. The van der Waals surface area contributed by atoms with Crippen molar-refractivity contribution in [1.29, 1.82) is 0 Å². The van der Waals surface area contributed by atoms with Crippen LogP contribution in [0.1, 0.15) is 5.56 Å². The van der Waals surface area contributed by atoms with Crippen LogP contribution in [0.4, 0.5) is 5.69 Å². The third kappa shape index (κ3) is 1.46. The van der Waals surface area contributed by atoms with Gasteiger partial charge in [0.05, 0.1) is 6.20 Å². The van der Waals surface area contributed by atoms with Crippen molar-refractivity contribution in [3.05, 3.63) is 34.8 Å². The van der Waals surface area contributed by atoms with E-state index < -0.39 is 0 Å². The summed E-state index contributed by atoms with van der Waals surface area (Å²) in [6, 6.07) is 0. The molecule has 1 aromatic heterocycles. The Kier molecular flexibility index (Phi) is 2.06. The number of nitrogens with zero attached hydrogens (tertiary/aromatic N) is 1. The molecule has 0 saturated carbocycles. The van der Waals surface area contributed by atoms with Crippen molar-refractivity contribution in [2.24, 2.45) is 0 Å². The monoisotopic (exact) mass is 151 g/mol. The van der Waals surface area contributed by atoms with Crippen molar-refractivity contribution >= 4 is 5.69 Å². The van der Waals surface area contributed by atoms with Crippen molar-refractivity contribution in [3.63, 3.8) is 0 Å². The number of nitrogens with one attached hydrogen (secondary N) is 1. The highest BCUT2D eigenvalue weighted by atomic mass is 16.1. The predicted octanol–water partition coefficient (Wildman–Crippen LogP) is 0.0806. The van der Waals surface area contributed by atoms with Crippen LogP contribution in [0.2, 0.25) is 0 Å². The first-order chi connectivity index (χ1) is 5.25. The van der Waals surface area contributed by atoms with Crippen molar-refractivity contribution in [1.82, 2.24) is 10.2 Å². The normalized spacial score (nSPS) is 9.45. The number of hydrogen-bond donors (Lipinski definition) is 2. The summed E-state index contributed by atoms with van der Waals surface area (Å²) in [5.74, 6) is 0. The summed E-state index contributed by atoms with van der Waals surface area (Å²) in [5.41, 5.74) is 6.03. The summed E-state index contributed by atoms with van der Waals surface area (Å²) >= 11 is 0. The molecule has 11 heavy (non-hydrogen) atoms. The lowest BCUT2D eigenvalue weighted by molar-refractivity contribution is 0.968. The van der Waals surface area contributed by atoms with Crippen molar-refractivity contribution in [2.45, 2.75) is 6.42 Å². The molecule has 0 saturated heterocycles. The van der Waals surface area contributed by atoms with Crippen LogP contribution in [0, 0.1) is 0 Å². The van der Waals surface area contributed by atoms with Gasteiger partial charge in [-0.15, -0.1) is 6.58 Å². The van der Waals surface area contributed by atoms with Gasteiger partial charge in [0.1, 0.15) is 5.69 Å². The highest BCUT2D eigenvalue weighted by molar-refractivity contribution is 5.43. The fourth-order valence-electron chi connectivity index (χ4n) is 0.763. The highest BCUT2D eigenvalue weighted by Crippen LogP contribution is 2.02. The van der Waals surface area contributed by atoms with Gasteiger partial charge in [-0.1, -0.05) is 6.08 Å². The Morgan fingerprint density at radius 2 is 2.55 bits per heavy atom. The highest BCUT2D eigenvalue weighted by Gasteiger charge is 1.99. The van der Waals surface area contributed by atoms with Crippen LogP contribution in [-0.4, -0.2) is 10.2 Å². The predicted molar refractivity (Wildman–Crippen MR) is 43.2 cm³/mol. The van der Waals surface area contributed by atoms with E-state index in [9.17, 15) is 4.79 Å². The van der Waals surface area contributed by atoms with E-state index in [1.807, 2.05) is 0 Å². The van der Waals surface area contributed by atoms with Crippen LogP contribution in [0.15, 0.2) is 23.6 Å². The average molecular weight is 151 g/mol. The molecule has 3 N–H and O–H groups in total. The van der Waals surface area contributed by atoms with Crippen molar-refractivity contribution < 1.29 is 0 Å². The first-order valence-corrected chi connectivity index (χ1v) is 3.18. The van der Waals surface area contributed by atoms with E-state index in [0.29, 0.717) is 12.0 Å². The van der Waals surface area contributed by atoms with E-state index in [2.05, 4.69) is 16.8 Å². The topological polar surface area (TPSA) is 71.8 Å². The molecule has 4 nitrogen and oxygen atoms in total. The van der Waals surface area contributed by atoms with E-state index in [0.717, 1.165) is 0 Å². The minimum absolute atomic E-state index is 0.222. The molecule has 0 aromatic carbocycles. The van der Waals surface area contributed by atoms with Crippen molar-refractivity contribution in [2.75, 3.05) is 5.73 Å². The Morgan fingerprint density at radius 3 is 3.18 bits per heavy atom. The van der Waals surface area contributed by atoms with E-state index in [4.69, 9.17) is 5.73 Å². The summed E-state index contributed by atoms with van der Waals surface area (Å²) < 4.78 is 0. The Labute approximate surface area is 63.7 Å². The van der Waals surface area contributed by atoms with Crippen LogP contribution < -0.4 is 11.3 Å². The van der Waals surface area contributed by atoms with E-state index in [1.54, 1.807) is 6.08 Å². The van der Waals surface area contributed by atoms with Gasteiger partial charge in [0.25, 0.3) is 5.56 Å². The zero-order valence-electron chi connectivity index (χ0n) is 6.00. The van der Waals surface area contributed by atoms with Gasteiger partial charge >= 0.3 is 0 Å². The lowest BCUT2D eigenvalue weighted by atomic mass is 10.2. The number of anilines is 1. The van der Waals surface area contributed by atoms with Gasteiger partial charge in [0, 0.05) is 5.56 Å². The Balaban J connectivity index is 3.16. The maximum absolute atomic E-state index is 10.8. The number of aromatic nitrogens is 2. The molecular weight excluding hydrogens is 142 g/mol. The molecule has 4 heteroatoms.